The quantitative estimate of drug-likeness (QED) is 0.766. The van der Waals surface area contributed by atoms with E-state index in [2.05, 4.69) is 16.4 Å². The maximum atomic E-state index is 11.2. The Morgan fingerprint density at radius 2 is 2.29 bits per heavy atom. The van der Waals surface area contributed by atoms with E-state index in [1.165, 1.54) is 0 Å². The van der Waals surface area contributed by atoms with Crippen LogP contribution in [0.15, 0.2) is 12.1 Å². The van der Waals surface area contributed by atoms with E-state index in [-0.39, 0.29) is 5.91 Å². The highest BCUT2D eigenvalue weighted by Gasteiger charge is 2.15. The van der Waals surface area contributed by atoms with Crippen molar-refractivity contribution in [3.05, 3.63) is 23.4 Å². The van der Waals surface area contributed by atoms with Crippen LogP contribution < -0.4 is 10.2 Å². The molecule has 5 nitrogen and oxygen atoms in total. The third kappa shape index (κ3) is 2.72. The summed E-state index contributed by atoms with van der Waals surface area (Å²) < 4.78 is 0. The van der Waals surface area contributed by atoms with Crippen LogP contribution in [0.2, 0.25) is 0 Å². The molecular weight excluding hydrogens is 216 g/mol. The monoisotopic (exact) mass is 230 g/mol. The normalized spacial score (nSPS) is 16.0. The molecule has 2 rings (SSSR count). The van der Waals surface area contributed by atoms with Gasteiger partial charge in [0, 0.05) is 31.7 Å². The third-order valence-electron chi connectivity index (χ3n) is 2.71. The molecule has 1 N–H and O–H groups in total. The van der Waals surface area contributed by atoms with Gasteiger partial charge in [-0.15, -0.1) is 0 Å². The van der Waals surface area contributed by atoms with Crippen molar-refractivity contribution in [3.8, 4) is 6.07 Å². The van der Waals surface area contributed by atoms with Gasteiger partial charge in [0.2, 0.25) is 5.91 Å². The predicted octanol–water partition coefficient (Wildman–Crippen LogP) is 0.588. The van der Waals surface area contributed by atoms with E-state index < -0.39 is 0 Å². The third-order valence-corrected chi connectivity index (χ3v) is 2.71. The van der Waals surface area contributed by atoms with E-state index >= 15 is 0 Å². The minimum atomic E-state index is 0.0701. The van der Waals surface area contributed by atoms with Gasteiger partial charge < -0.3 is 10.2 Å². The lowest BCUT2D eigenvalue weighted by Gasteiger charge is -2.21. The topological polar surface area (TPSA) is 69.0 Å². The van der Waals surface area contributed by atoms with Crippen molar-refractivity contribution in [2.24, 2.45) is 0 Å². The van der Waals surface area contributed by atoms with E-state index in [1.807, 2.05) is 11.8 Å². The van der Waals surface area contributed by atoms with Gasteiger partial charge in [-0.25, -0.2) is 4.98 Å². The predicted molar refractivity (Wildman–Crippen MR) is 63.5 cm³/mol. The average molecular weight is 230 g/mol. The number of nitriles is 1. The molecule has 88 valence electrons. The van der Waals surface area contributed by atoms with Crippen LogP contribution in [0.5, 0.6) is 0 Å². The fourth-order valence-electron chi connectivity index (χ4n) is 1.87. The molecule has 0 aliphatic carbocycles. The second kappa shape index (κ2) is 4.83. The number of aryl methyl sites for hydroxylation is 1. The lowest BCUT2D eigenvalue weighted by Crippen LogP contribution is -2.29. The molecule has 0 unspecified atom stereocenters. The summed E-state index contributed by atoms with van der Waals surface area (Å²) in [6.07, 6.45) is 0.470. The van der Waals surface area contributed by atoms with Crippen LogP contribution in [0.4, 0.5) is 5.82 Å². The summed E-state index contributed by atoms with van der Waals surface area (Å²) >= 11 is 0. The second-order valence-corrected chi connectivity index (χ2v) is 4.05. The Balaban J connectivity index is 2.24. The molecule has 0 saturated carbocycles. The van der Waals surface area contributed by atoms with E-state index in [4.69, 9.17) is 5.26 Å². The number of hydrogen-bond donors (Lipinski definition) is 1. The summed E-state index contributed by atoms with van der Waals surface area (Å²) in [5, 5.41) is 11.7. The summed E-state index contributed by atoms with van der Waals surface area (Å²) in [7, 11) is 0. The van der Waals surface area contributed by atoms with Crippen LogP contribution >= 0.6 is 0 Å². The van der Waals surface area contributed by atoms with Gasteiger partial charge in [0.1, 0.15) is 5.82 Å². The zero-order valence-electron chi connectivity index (χ0n) is 9.73. The molecule has 1 aliphatic heterocycles. The molecule has 17 heavy (non-hydrogen) atoms. The number of anilines is 1. The average Bonchev–Trinajstić information content (AvgIpc) is 2.53. The first-order valence-corrected chi connectivity index (χ1v) is 5.59. The Kier molecular flexibility index (Phi) is 3.24. The minimum absolute atomic E-state index is 0.0701. The number of nitrogens with zero attached hydrogens (tertiary/aromatic N) is 3. The summed E-state index contributed by atoms with van der Waals surface area (Å²) in [6.45, 7) is 3.86. The fourth-order valence-corrected chi connectivity index (χ4v) is 1.87. The Morgan fingerprint density at radius 3 is 3.06 bits per heavy atom. The molecule has 0 aromatic carbocycles. The van der Waals surface area contributed by atoms with E-state index in [9.17, 15) is 4.79 Å². The fraction of sp³-hybridized carbons (Fsp3) is 0.417. The molecule has 5 heteroatoms. The molecule has 1 aromatic heterocycles. The first kappa shape index (κ1) is 11.4. The van der Waals surface area contributed by atoms with Crippen molar-refractivity contribution in [1.82, 2.24) is 10.3 Å². The number of aromatic nitrogens is 1. The van der Waals surface area contributed by atoms with Gasteiger partial charge in [0.05, 0.1) is 11.6 Å². The SMILES string of the molecule is Cc1cc(C#N)cc(N2CCNC(=O)CC2)n1. The van der Waals surface area contributed by atoms with Crippen molar-refractivity contribution in [1.29, 1.82) is 5.26 Å². The molecule has 0 spiro atoms. The molecule has 0 atom stereocenters. The zero-order chi connectivity index (χ0) is 12.3. The van der Waals surface area contributed by atoms with Crippen LogP contribution in [0.3, 0.4) is 0 Å². The van der Waals surface area contributed by atoms with Crippen LogP contribution in [0.25, 0.3) is 0 Å². The molecule has 1 saturated heterocycles. The van der Waals surface area contributed by atoms with Gasteiger partial charge in [-0.05, 0) is 19.1 Å². The van der Waals surface area contributed by atoms with Gasteiger partial charge in [0.15, 0.2) is 0 Å². The highest BCUT2D eigenvalue weighted by Crippen LogP contribution is 2.15. The van der Waals surface area contributed by atoms with Crippen LogP contribution in [0, 0.1) is 18.3 Å². The molecule has 1 fully saturated rings. The van der Waals surface area contributed by atoms with Crippen molar-refractivity contribution >= 4 is 11.7 Å². The summed E-state index contributed by atoms with van der Waals surface area (Å²) in [5.41, 5.74) is 1.43. The zero-order valence-corrected chi connectivity index (χ0v) is 9.73. The van der Waals surface area contributed by atoms with Crippen molar-refractivity contribution in [2.75, 3.05) is 24.5 Å². The molecule has 1 amide bonds. The number of carbonyl (C=O) groups is 1. The smallest absolute Gasteiger partial charge is 0.221 e. The maximum Gasteiger partial charge on any atom is 0.221 e. The molecular formula is C12H14N4O. The van der Waals surface area contributed by atoms with E-state index in [0.29, 0.717) is 25.1 Å². The van der Waals surface area contributed by atoms with Crippen molar-refractivity contribution in [2.45, 2.75) is 13.3 Å². The van der Waals surface area contributed by atoms with E-state index in [0.717, 1.165) is 18.1 Å². The molecule has 2 heterocycles. The standard InChI is InChI=1S/C12H14N4O/c1-9-6-10(8-13)7-11(15-9)16-4-2-12(17)14-3-5-16/h6-7H,2-5H2,1H3,(H,14,17). The van der Waals surface area contributed by atoms with Crippen LogP contribution in [-0.2, 0) is 4.79 Å². The van der Waals surface area contributed by atoms with Crippen LogP contribution in [0.1, 0.15) is 17.7 Å². The lowest BCUT2D eigenvalue weighted by molar-refractivity contribution is -0.120. The van der Waals surface area contributed by atoms with Gasteiger partial charge in [0.25, 0.3) is 0 Å². The van der Waals surface area contributed by atoms with Gasteiger partial charge in [-0.2, -0.15) is 5.26 Å². The number of carbonyl (C=O) groups excluding carboxylic acids is 1. The summed E-state index contributed by atoms with van der Waals surface area (Å²) in [6, 6.07) is 5.64. The van der Waals surface area contributed by atoms with Gasteiger partial charge >= 0.3 is 0 Å². The minimum Gasteiger partial charge on any atom is -0.354 e. The number of pyridine rings is 1. The number of rotatable bonds is 1. The van der Waals surface area contributed by atoms with Gasteiger partial charge in [-0.1, -0.05) is 0 Å². The second-order valence-electron chi connectivity index (χ2n) is 4.05. The molecule has 1 aromatic rings. The molecule has 0 bridgehead atoms. The number of hydrogen-bond acceptors (Lipinski definition) is 4. The highest BCUT2D eigenvalue weighted by atomic mass is 16.1. The molecule has 0 radical (unpaired) electrons. The maximum absolute atomic E-state index is 11.2. The molecule has 1 aliphatic rings. The largest absolute Gasteiger partial charge is 0.354 e. The van der Waals surface area contributed by atoms with Gasteiger partial charge in [-0.3, -0.25) is 4.79 Å². The first-order valence-electron chi connectivity index (χ1n) is 5.59. The highest BCUT2D eigenvalue weighted by molar-refractivity contribution is 5.77. The summed E-state index contributed by atoms with van der Waals surface area (Å²) in [5.74, 6) is 0.846. The Morgan fingerprint density at radius 1 is 1.47 bits per heavy atom. The van der Waals surface area contributed by atoms with E-state index in [1.54, 1.807) is 12.1 Å². The Hall–Kier alpha value is -2.09. The number of amides is 1. The van der Waals surface area contributed by atoms with Crippen molar-refractivity contribution < 1.29 is 4.79 Å². The summed E-state index contributed by atoms with van der Waals surface area (Å²) in [4.78, 5) is 17.7. The first-order chi connectivity index (χ1) is 8.19. The van der Waals surface area contributed by atoms with Crippen molar-refractivity contribution in [3.63, 3.8) is 0 Å². The number of nitrogens with one attached hydrogen (secondary N) is 1. The Bertz CT molecular complexity index is 478. The van der Waals surface area contributed by atoms with Crippen LogP contribution in [-0.4, -0.2) is 30.5 Å². The lowest BCUT2D eigenvalue weighted by atomic mass is 10.2. The Labute approximate surface area is 100 Å².